The minimum absolute atomic E-state index is 0.157. The molecule has 0 radical (unpaired) electrons. The monoisotopic (exact) mass is 223 g/mol. The van der Waals surface area contributed by atoms with E-state index in [0.717, 1.165) is 12.3 Å². The number of rotatable bonds is 3. The fourth-order valence-electron chi connectivity index (χ4n) is 0.796. The van der Waals surface area contributed by atoms with Crippen molar-refractivity contribution in [2.45, 2.75) is 20.3 Å². The minimum atomic E-state index is 0.157. The van der Waals surface area contributed by atoms with Crippen molar-refractivity contribution in [1.82, 2.24) is 5.32 Å². The fraction of sp³-hybridized carbons (Fsp3) is 0.750. The largest absolute Gasteiger partial charge is 0.319 e. The van der Waals surface area contributed by atoms with Crippen LogP contribution in [0.4, 0.5) is 0 Å². The van der Waals surface area contributed by atoms with Crippen LogP contribution in [0.2, 0.25) is 0 Å². The standard InChI is InChI=1S/C8H15Cl2N3/c1-6(2)4-7(11-3)13-8(10)12-5-9/h6H,4-5H2,1-3H3,(H,11,12,13). The van der Waals surface area contributed by atoms with E-state index in [0.29, 0.717) is 5.92 Å². The highest BCUT2D eigenvalue weighted by Gasteiger charge is 2.03. The summed E-state index contributed by atoms with van der Waals surface area (Å²) in [6.07, 6.45) is 0.852. The first kappa shape index (κ1) is 12.7. The molecule has 1 N–H and O–H groups in total. The number of aliphatic imine (C=N–C) groups is 2. The molecule has 0 atom stereocenters. The average molecular weight is 224 g/mol. The molecule has 0 aliphatic rings. The van der Waals surface area contributed by atoms with E-state index in [9.17, 15) is 0 Å². The summed E-state index contributed by atoms with van der Waals surface area (Å²) in [5.41, 5.74) is 0. The molecule has 0 saturated carbocycles. The predicted octanol–water partition coefficient (Wildman–Crippen LogP) is 2.44. The maximum Gasteiger partial charge on any atom is 0.197 e. The van der Waals surface area contributed by atoms with Gasteiger partial charge in [-0.2, -0.15) is 0 Å². The molecule has 0 unspecified atom stereocenters. The molecule has 0 heterocycles. The van der Waals surface area contributed by atoms with Gasteiger partial charge in [0.25, 0.3) is 0 Å². The highest BCUT2D eigenvalue weighted by molar-refractivity contribution is 6.66. The van der Waals surface area contributed by atoms with Crippen LogP contribution in [0.25, 0.3) is 0 Å². The van der Waals surface area contributed by atoms with Gasteiger partial charge in [0.1, 0.15) is 11.8 Å². The maximum absolute atomic E-state index is 5.71. The average Bonchev–Trinajstić information content (AvgIpc) is 2.02. The van der Waals surface area contributed by atoms with Gasteiger partial charge < -0.3 is 5.32 Å². The highest BCUT2D eigenvalue weighted by Crippen LogP contribution is 2.00. The Balaban J connectivity index is 4.07. The van der Waals surface area contributed by atoms with Crippen molar-refractivity contribution >= 4 is 34.3 Å². The molecule has 3 nitrogen and oxygen atoms in total. The Morgan fingerprint density at radius 3 is 2.46 bits per heavy atom. The third-order valence-corrected chi connectivity index (χ3v) is 1.65. The number of nitrogens with zero attached hydrogens (tertiary/aromatic N) is 2. The topological polar surface area (TPSA) is 36.8 Å². The Morgan fingerprint density at radius 2 is 2.08 bits per heavy atom. The lowest BCUT2D eigenvalue weighted by Gasteiger charge is -2.09. The zero-order chi connectivity index (χ0) is 10.3. The second kappa shape index (κ2) is 7.15. The van der Waals surface area contributed by atoms with Crippen LogP contribution >= 0.6 is 23.2 Å². The second-order valence-corrected chi connectivity index (χ2v) is 3.56. The normalized spacial score (nSPS) is 13.7. The summed E-state index contributed by atoms with van der Waals surface area (Å²) in [6, 6.07) is 0.157. The van der Waals surface area contributed by atoms with Crippen molar-refractivity contribution in [3.63, 3.8) is 0 Å². The number of alkyl halides is 1. The van der Waals surface area contributed by atoms with E-state index in [2.05, 4.69) is 29.1 Å². The van der Waals surface area contributed by atoms with E-state index in [1.807, 2.05) is 0 Å². The van der Waals surface area contributed by atoms with Crippen molar-refractivity contribution in [2.24, 2.45) is 15.9 Å². The summed E-state index contributed by atoms with van der Waals surface area (Å²) < 4.78 is 0. The summed E-state index contributed by atoms with van der Waals surface area (Å²) in [5, 5.41) is 3.17. The van der Waals surface area contributed by atoms with Gasteiger partial charge >= 0.3 is 0 Å². The molecule has 0 aliphatic carbocycles. The molecule has 76 valence electrons. The van der Waals surface area contributed by atoms with Gasteiger partial charge in [-0.1, -0.05) is 13.8 Å². The van der Waals surface area contributed by atoms with Gasteiger partial charge in [-0.3, -0.25) is 4.99 Å². The molecule has 0 aliphatic heterocycles. The summed E-state index contributed by atoms with van der Waals surface area (Å²) in [5.74, 6) is 1.36. The molecule has 0 aromatic rings. The summed E-state index contributed by atoms with van der Waals surface area (Å²) in [6.45, 7) is 4.22. The molecule has 0 spiro atoms. The van der Waals surface area contributed by atoms with Crippen molar-refractivity contribution < 1.29 is 0 Å². The first-order valence-corrected chi connectivity index (χ1v) is 5.00. The van der Waals surface area contributed by atoms with Crippen LogP contribution in [0.15, 0.2) is 9.98 Å². The third-order valence-electron chi connectivity index (χ3n) is 1.32. The second-order valence-electron chi connectivity index (χ2n) is 2.96. The fourth-order valence-corrected chi connectivity index (χ4v) is 1.15. The predicted molar refractivity (Wildman–Crippen MR) is 60.0 cm³/mol. The number of amidine groups is 2. The third kappa shape index (κ3) is 6.84. The van der Waals surface area contributed by atoms with Crippen molar-refractivity contribution in [3.8, 4) is 0 Å². The number of hydrogen-bond acceptors (Lipinski definition) is 2. The highest BCUT2D eigenvalue weighted by atomic mass is 35.5. The van der Waals surface area contributed by atoms with Gasteiger partial charge in [0.15, 0.2) is 5.29 Å². The molecule has 0 amide bonds. The van der Waals surface area contributed by atoms with E-state index >= 15 is 0 Å². The Kier molecular flexibility index (Phi) is 7.00. The van der Waals surface area contributed by atoms with Crippen LogP contribution in [-0.2, 0) is 0 Å². The molecule has 0 bridgehead atoms. The summed E-state index contributed by atoms with van der Waals surface area (Å²) >= 11 is 11.1. The molecule has 5 heteroatoms. The van der Waals surface area contributed by atoms with E-state index in [4.69, 9.17) is 23.2 Å². The van der Waals surface area contributed by atoms with Crippen LogP contribution in [-0.4, -0.2) is 24.2 Å². The molecule has 0 fully saturated rings. The Hall–Kier alpha value is -0.280. The minimum Gasteiger partial charge on any atom is -0.319 e. The van der Waals surface area contributed by atoms with Crippen LogP contribution in [0.1, 0.15) is 20.3 Å². The van der Waals surface area contributed by atoms with Crippen molar-refractivity contribution in [3.05, 3.63) is 0 Å². The van der Waals surface area contributed by atoms with Gasteiger partial charge in [0.2, 0.25) is 0 Å². The van der Waals surface area contributed by atoms with Gasteiger partial charge in [-0.15, -0.1) is 11.6 Å². The van der Waals surface area contributed by atoms with Gasteiger partial charge in [-0.05, 0) is 17.5 Å². The first-order chi connectivity index (χ1) is 6.10. The van der Waals surface area contributed by atoms with Crippen LogP contribution in [0.5, 0.6) is 0 Å². The quantitative estimate of drug-likeness (QED) is 0.340. The van der Waals surface area contributed by atoms with Crippen molar-refractivity contribution in [2.75, 3.05) is 13.1 Å². The van der Waals surface area contributed by atoms with E-state index in [-0.39, 0.29) is 11.3 Å². The van der Waals surface area contributed by atoms with Gasteiger partial charge in [0, 0.05) is 13.5 Å². The first-order valence-electron chi connectivity index (χ1n) is 4.08. The molecule has 0 aromatic heterocycles. The molecule has 13 heavy (non-hydrogen) atoms. The Morgan fingerprint density at radius 1 is 1.46 bits per heavy atom. The SMILES string of the molecule is CN=C(CC(C)C)NC(Cl)=NCCl. The van der Waals surface area contributed by atoms with E-state index < -0.39 is 0 Å². The Labute approximate surface area is 89.2 Å². The van der Waals surface area contributed by atoms with E-state index in [1.54, 1.807) is 7.05 Å². The smallest absolute Gasteiger partial charge is 0.197 e. The van der Waals surface area contributed by atoms with E-state index in [1.165, 1.54) is 0 Å². The molecular weight excluding hydrogens is 209 g/mol. The zero-order valence-electron chi connectivity index (χ0n) is 8.14. The van der Waals surface area contributed by atoms with Gasteiger partial charge in [0.05, 0.1) is 0 Å². The molecular formula is C8H15Cl2N3. The number of nitrogens with one attached hydrogen (secondary N) is 1. The van der Waals surface area contributed by atoms with Crippen LogP contribution < -0.4 is 5.32 Å². The number of halogens is 2. The van der Waals surface area contributed by atoms with Gasteiger partial charge in [-0.25, -0.2) is 4.99 Å². The molecule has 0 rings (SSSR count). The Bertz CT molecular complexity index is 200. The molecule has 0 aromatic carbocycles. The zero-order valence-corrected chi connectivity index (χ0v) is 9.65. The van der Waals surface area contributed by atoms with Crippen molar-refractivity contribution in [1.29, 1.82) is 0 Å². The maximum atomic E-state index is 5.71. The summed E-state index contributed by atoms with van der Waals surface area (Å²) in [4.78, 5) is 7.82. The lowest BCUT2D eigenvalue weighted by atomic mass is 10.1. The van der Waals surface area contributed by atoms with Crippen LogP contribution in [0.3, 0.4) is 0 Å². The number of hydrogen-bond donors (Lipinski definition) is 1. The van der Waals surface area contributed by atoms with Crippen LogP contribution in [0, 0.1) is 5.92 Å². The lowest BCUT2D eigenvalue weighted by Crippen LogP contribution is -2.28. The molecule has 0 saturated heterocycles. The lowest BCUT2D eigenvalue weighted by molar-refractivity contribution is 0.677. The summed E-state index contributed by atoms with van der Waals surface area (Å²) in [7, 11) is 1.72.